The van der Waals surface area contributed by atoms with Crippen molar-refractivity contribution in [1.82, 2.24) is 0 Å². The maximum absolute atomic E-state index is 12.2. The van der Waals surface area contributed by atoms with Crippen LogP contribution in [-0.4, -0.2) is 18.9 Å². The van der Waals surface area contributed by atoms with Crippen LogP contribution in [0.4, 0.5) is 0 Å². The third kappa shape index (κ3) is 2.68. The number of sulfone groups is 1. The molecule has 0 unspecified atom stereocenters. The maximum atomic E-state index is 12.2. The molecule has 2 rings (SSSR count). The number of hydrogen-bond acceptors (Lipinski definition) is 6. The van der Waals surface area contributed by atoms with E-state index in [1.54, 1.807) is 0 Å². The second-order valence-corrected chi connectivity index (χ2v) is 5.58. The van der Waals surface area contributed by atoms with E-state index in [0.29, 0.717) is 0 Å². The highest BCUT2D eigenvalue weighted by Gasteiger charge is 2.17. The molecule has 0 spiro atoms. The Morgan fingerprint density at radius 1 is 0.684 bits per heavy atom. The van der Waals surface area contributed by atoms with Crippen LogP contribution in [0.5, 0.6) is 11.5 Å². The Morgan fingerprint density at radius 3 is 1.26 bits per heavy atom. The molecule has 2 N–H and O–H groups in total. The Labute approximate surface area is 109 Å². The highest BCUT2D eigenvalue weighted by atomic mass is 32.2. The molecule has 0 aliphatic carbocycles. The van der Waals surface area contributed by atoms with Gasteiger partial charge in [-0.15, -0.1) is 0 Å². The summed E-state index contributed by atoms with van der Waals surface area (Å²) < 4.78 is 24.5. The van der Waals surface area contributed by atoms with Gasteiger partial charge in [0.25, 0.3) is 0 Å². The van der Waals surface area contributed by atoms with Gasteiger partial charge in [-0.05, 0) is 48.5 Å². The van der Waals surface area contributed by atoms with E-state index in [4.69, 9.17) is 10.5 Å². The first-order valence-corrected chi connectivity index (χ1v) is 6.64. The third-order valence-corrected chi connectivity index (χ3v) is 4.26. The maximum Gasteiger partial charge on any atom is 0.206 e. The normalized spacial score (nSPS) is 11.1. The van der Waals surface area contributed by atoms with E-state index in [2.05, 4.69) is 9.78 Å². The van der Waals surface area contributed by atoms with Gasteiger partial charge in [0, 0.05) is 0 Å². The van der Waals surface area contributed by atoms with Crippen molar-refractivity contribution in [2.24, 2.45) is 0 Å². The molecule has 0 saturated carbocycles. The summed E-state index contributed by atoms with van der Waals surface area (Å²) in [7, 11) is -3.66. The van der Waals surface area contributed by atoms with E-state index < -0.39 is 9.84 Å². The van der Waals surface area contributed by atoms with Crippen LogP contribution in [0, 0.1) is 0 Å². The lowest BCUT2D eigenvalue weighted by Crippen LogP contribution is -2.01. The van der Waals surface area contributed by atoms with Gasteiger partial charge in [-0.1, -0.05) is 0 Å². The molecular weight excluding hydrogens is 272 g/mol. The highest BCUT2D eigenvalue weighted by molar-refractivity contribution is 7.91. The fourth-order valence-corrected chi connectivity index (χ4v) is 2.76. The molecule has 6 nitrogen and oxygen atoms in total. The van der Waals surface area contributed by atoms with Crippen LogP contribution in [0.1, 0.15) is 0 Å². The topological polar surface area (TPSA) is 93.1 Å². The van der Waals surface area contributed by atoms with Crippen LogP contribution in [0.15, 0.2) is 58.3 Å². The van der Waals surface area contributed by atoms with Crippen LogP contribution >= 0.6 is 0 Å². The van der Waals surface area contributed by atoms with Crippen molar-refractivity contribution < 1.29 is 28.7 Å². The first kappa shape index (κ1) is 13.3. The fraction of sp³-hybridized carbons (Fsp3) is 0. The fourth-order valence-electron chi connectivity index (χ4n) is 1.50. The highest BCUT2D eigenvalue weighted by Crippen LogP contribution is 2.24. The lowest BCUT2D eigenvalue weighted by atomic mass is 10.3. The molecular formula is C12H10O6S. The number of benzene rings is 2. The molecule has 0 fully saturated rings. The number of rotatable bonds is 4. The SMILES string of the molecule is O=S(=O)(c1ccc(OO)cc1)c1ccc(OO)cc1. The summed E-state index contributed by atoms with van der Waals surface area (Å²) in [4.78, 5) is 8.08. The van der Waals surface area contributed by atoms with Crippen molar-refractivity contribution in [3.05, 3.63) is 48.5 Å². The van der Waals surface area contributed by atoms with E-state index >= 15 is 0 Å². The van der Waals surface area contributed by atoms with Gasteiger partial charge in [-0.3, -0.25) is 0 Å². The van der Waals surface area contributed by atoms with Crippen molar-refractivity contribution >= 4 is 9.84 Å². The summed E-state index contributed by atoms with van der Waals surface area (Å²) in [5, 5.41) is 16.8. The Hall–Kier alpha value is -2.09. The van der Waals surface area contributed by atoms with Crippen molar-refractivity contribution in [1.29, 1.82) is 0 Å². The second-order valence-electron chi connectivity index (χ2n) is 3.63. The molecule has 0 bridgehead atoms. The Morgan fingerprint density at radius 2 is 1.00 bits per heavy atom. The summed E-state index contributed by atoms with van der Waals surface area (Å²) in [6.07, 6.45) is 0. The zero-order valence-corrected chi connectivity index (χ0v) is 10.4. The van der Waals surface area contributed by atoms with Gasteiger partial charge in [0.2, 0.25) is 9.84 Å². The average Bonchev–Trinajstić information content (AvgIpc) is 2.47. The third-order valence-electron chi connectivity index (χ3n) is 2.48. The predicted molar refractivity (Wildman–Crippen MR) is 64.8 cm³/mol. The molecule has 0 aliphatic heterocycles. The minimum Gasteiger partial charge on any atom is -0.340 e. The van der Waals surface area contributed by atoms with Crippen LogP contribution in [0.3, 0.4) is 0 Å². The van der Waals surface area contributed by atoms with Crippen LogP contribution in [-0.2, 0) is 9.84 Å². The van der Waals surface area contributed by atoms with E-state index in [1.807, 2.05) is 0 Å². The molecule has 2 aromatic rings. The van der Waals surface area contributed by atoms with Gasteiger partial charge >= 0.3 is 0 Å². The molecule has 19 heavy (non-hydrogen) atoms. The van der Waals surface area contributed by atoms with Gasteiger partial charge in [-0.2, -0.15) is 0 Å². The smallest absolute Gasteiger partial charge is 0.206 e. The molecule has 7 heteroatoms. The Balaban J connectivity index is 2.39. The van der Waals surface area contributed by atoms with E-state index in [-0.39, 0.29) is 21.3 Å². The van der Waals surface area contributed by atoms with Crippen molar-refractivity contribution in [3.63, 3.8) is 0 Å². The van der Waals surface area contributed by atoms with Crippen LogP contribution in [0.25, 0.3) is 0 Å². The molecule has 0 heterocycles. The van der Waals surface area contributed by atoms with Gasteiger partial charge in [0.15, 0.2) is 11.5 Å². The largest absolute Gasteiger partial charge is 0.340 e. The molecule has 2 aromatic carbocycles. The zero-order chi connectivity index (χ0) is 13.9. The monoisotopic (exact) mass is 282 g/mol. The molecule has 0 aromatic heterocycles. The summed E-state index contributed by atoms with van der Waals surface area (Å²) >= 11 is 0. The lowest BCUT2D eigenvalue weighted by molar-refractivity contribution is -0.137. The van der Waals surface area contributed by atoms with Gasteiger partial charge in [0.05, 0.1) is 9.79 Å². The van der Waals surface area contributed by atoms with Gasteiger partial charge in [0.1, 0.15) is 0 Å². The minimum absolute atomic E-state index is 0.0611. The first-order chi connectivity index (χ1) is 9.07. The Bertz CT molecular complexity index is 592. The van der Waals surface area contributed by atoms with Crippen molar-refractivity contribution in [2.45, 2.75) is 9.79 Å². The molecule has 0 aliphatic rings. The van der Waals surface area contributed by atoms with Gasteiger partial charge < -0.3 is 9.78 Å². The van der Waals surface area contributed by atoms with Crippen LogP contribution in [0.2, 0.25) is 0 Å². The summed E-state index contributed by atoms with van der Waals surface area (Å²) in [6.45, 7) is 0. The minimum atomic E-state index is -3.66. The molecule has 0 atom stereocenters. The Kier molecular flexibility index (Phi) is 3.70. The van der Waals surface area contributed by atoms with E-state index in [1.165, 1.54) is 48.5 Å². The zero-order valence-electron chi connectivity index (χ0n) is 9.55. The lowest BCUT2D eigenvalue weighted by Gasteiger charge is -2.05. The summed E-state index contributed by atoms with van der Waals surface area (Å²) in [5.41, 5.74) is 0. The van der Waals surface area contributed by atoms with Gasteiger partial charge in [-0.25, -0.2) is 18.9 Å². The van der Waals surface area contributed by atoms with Crippen molar-refractivity contribution in [3.8, 4) is 11.5 Å². The average molecular weight is 282 g/mol. The molecule has 0 radical (unpaired) electrons. The van der Waals surface area contributed by atoms with E-state index in [9.17, 15) is 8.42 Å². The molecule has 0 amide bonds. The summed E-state index contributed by atoms with van der Waals surface area (Å²) in [5.74, 6) is 0.283. The van der Waals surface area contributed by atoms with Crippen LogP contribution < -0.4 is 9.78 Å². The summed E-state index contributed by atoms with van der Waals surface area (Å²) in [6, 6.07) is 10.6. The standard InChI is InChI=1S/C12H10O6S/c13-17-9-1-5-11(6-2-9)19(15,16)12-7-3-10(18-14)4-8-12/h1-8,13-14H. The quantitative estimate of drug-likeness (QED) is 0.659. The number of hydrogen-bond donors (Lipinski definition) is 2. The molecule has 0 saturated heterocycles. The first-order valence-electron chi connectivity index (χ1n) is 5.16. The predicted octanol–water partition coefficient (Wildman–Crippen LogP) is 2.22. The van der Waals surface area contributed by atoms with E-state index in [0.717, 1.165) is 0 Å². The second kappa shape index (κ2) is 5.27. The molecule has 100 valence electrons. The van der Waals surface area contributed by atoms with Crippen molar-refractivity contribution in [2.75, 3.05) is 0 Å².